The first-order chi connectivity index (χ1) is 9.23. The van der Waals surface area contributed by atoms with Crippen LogP contribution < -0.4 is 0 Å². The molecule has 1 unspecified atom stereocenters. The van der Waals surface area contributed by atoms with E-state index >= 15 is 0 Å². The van der Waals surface area contributed by atoms with Crippen LogP contribution in [0, 0.1) is 0 Å². The van der Waals surface area contributed by atoms with Crippen LogP contribution in [0.2, 0.25) is 0 Å². The van der Waals surface area contributed by atoms with Crippen molar-refractivity contribution in [3.63, 3.8) is 0 Å². The van der Waals surface area contributed by atoms with E-state index in [0.717, 1.165) is 6.42 Å². The molecule has 1 aliphatic rings. The molecule has 0 spiro atoms. The molecule has 0 aliphatic carbocycles. The molecule has 2 amide bonds. The summed E-state index contributed by atoms with van der Waals surface area (Å²) < 4.78 is 5.39. The van der Waals surface area contributed by atoms with Crippen molar-refractivity contribution in [3.05, 3.63) is 0 Å². The lowest BCUT2D eigenvalue weighted by Crippen LogP contribution is -2.42. The van der Waals surface area contributed by atoms with Crippen LogP contribution >= 0.6 is 15.9 Å². The van der Waals surface area contributed by atoms with Gasteiger partial charge in [0.2, 0.25) is 5.91 Å². The molecule has 0 N–H and O–H groups in total. The van der Waals surface area contributed by atoms with Gasteiger partial charge in [0, 0.05) is 37.4 Å². The zero-order valence-electron chi connectivity index (χ0n) is 12.8. The van der Waals surface area contributed by atoms with Gasteiger partial charge < -0.3 is 14.5 Å². The molecule has 116 valence electrons. The van der Waals surface area contributed by atoms with Crippen LogP contribution in [0.3, 0.4) is 0 Å². The minimum absolute atomic E-state index is 0.146. The van der Waals surface area contributed by atoms with E-state index in [1.165, 1.54) is 0 Å². The lowest BCUT2D eigenvalue weighted by Gasteiger charge is -2.28. The number of nitrogens with zero attached hydrogens (tertiary/aromatic N) is 2. The summed E-state index contributed by atoms with van der Waals surface area (Å²) in [6.45, 7) is 10.0. The standard InChI is InChI=1S/C14H25BrN2O3/c1-5-6-16(13(19)20-14(2,3)4)7-8-17-10-11(15)9-12(17)18/h11H,5-10H2,1-4H3. The van der Waals surface area contributed by atoms with Gasteiger partial charge in [0.25, 0.3) is 0 Å². The number of amides is 2. The molecular weight excluding hydrogens is 324 g/mol. The van der Waals surface area contributed by atoms with Crippen molar-refractivity contribution in [1.29, 1.82) is 0 Å². The van der Waals surface area contributed by atoms with Gasteiger partial charge in [-0.25, -0.2) is 4.79 Å². The molecule has 1 atom stereocenters. The molecule has 6 heteroatoms. The lowest BCUT2D eigenvalue weighted by atomic mass is 10.2. The number of hydrogen-bond donors (Lipinski definition) is 0. The van der Waals surface area contributed by atoms with Gasteiger partial charge in [0.15, 0.2) is 0 Å². The van der Waals surface area contributed by atoms with Crippen LogP contribution in [0.4, 0.5) is 4.79 Å². The van der Waals surface area contributed by atoms with Gasteiger partial charge in [-0.15, -0.1) is 0 Å². The fourth-order valence-corrected chi connectivity index (χ4v) is 2.70. The number of rotatable bonds is 5. The van der Waals surface area contributed by atoms with Gasteiger partial charge in [0.05, 0.1) is 0 Å². The Hall–Kier alpha value is -0.780. The Bertz CT molecular complexity index is 355. The summed E-state index contributed by atoms with van der Waals surface area (Å²) in [7, 11) is 0. The first kappa shape index (κ1) is 17.3. The molecule has 0 saturated carbocycles. The van der Waals surface area contributed by atoms with Crippen LogP contribution in [-0.2, 0) is 9.53 Å². The largest absolute Gasteiger partial charge is 0.444 e. The molecule has 1 heterocycles. The van der Waals surface area contributed by atoms with Crippen LogP contribution in [0.5, 0.6) is 0 Å². The fourth-order valence-electron chi connectivity index (χ4n) is 2.07. The molecular formula is C14H25BrN2O3. The molecule has 5 nitrogen and oxygen atoms in total. The normalized spacial score (nSPS) is 19.4. The predicted octanol–water partition coefficient (Wildman–Crippen LogP) is 2.63. The molecule has 20 heavy (non-hydrogen) atoms. The van der Waals surface area contributed by atoms with Crippen LogP contribution in [0.25, 0.3) is 0 Å². The van der Waals surface area contributed by atoms with E-state index in [1.807, 2.05) is 27.7 Å². The molecule has 1 saturated heterocycles. The number of halogens is 1. The van der Waals surface area contributed by atoms with Gasteiger partial charge >= 0.3 is 6.09 Å². The first-order valence-electron chi connectivity index (χ1n) is 7.12. The van der Waals surface area contributed by atoms with Crippen molar-refractivity contribution in [3.8, 4) is 0 Å². The minimum Gasteiger partial charge on any atom is -0.444 e. The highest BCUT2D eigenvalue weighted by atomic mass is 79.9. The summed E-state index contributed by atoms with van der Waals surface area (Å²) in [4.78, 5) is 27.5. The third-order valence-corrected chi connectivity index (χ3v) is 3.57. The summed E-state index contributed by atoms with van der Waals surface area (Å²) in [5.74, 6) is 0.146. The molecule has 1 aliphatic heterocycles. The van der Waals surface area contributed by atoms with Crippen LogP contribution in [0.15, 0.2) is 0 Å². The summed E-state index contributed by atoms with van der Waals surface area (Å²) in [6, 6.07) is 0. The molecule has 0 aromatic carbocycles. The SMILES string of the molecule is CCCN(CCN1CC(Br)CC1=O)C(=O)OC(C)(C)C. The Labute approximate surface area is 129 Å². The Kier molecular flexibility index (Phi) is 6.30. The monoisotopic (exact) mass is 348 g/mol. The van der Waals surface area contributed by atoms with Crippen molar-refractivity contribution in [2.75, 3.05) is 26.2 Å². The number of likely N-dealkylation sites (tertiary alicyclic amines) is 1. The van der Waals surface area contributed by atoms with Gasteiger partial charge in [0.1, 0.15) is 5.60 Å². The van der Waals surface area contributed by atoms with Gasteiger partial charge in [-0.1, -0.05) is 22.9 Å². The zero-order valence-corrected chi connectivity index (χ0v) is 14.4. The highest BCUT2D eigenvalue weighted by Gasteiger charge is 2.28. The minimum atomic E-state index is -0.493. The Balaban J connectivity index is 2.50. The van der Waals surface area contributed by atoms with E-state index in [0.29, 0.717) is 32.6 Å². The van der Waals surface area contributed by atoms with Gasteiger partial charge in [-0.2, -0.15) is 0 Å². The van der Waals surface area contributed by atoms with Crippen molar-refractivity contribution in [2.24, 2.45) is 0 Å². The summed E-state index contributed by atoms with van der Waals surface area (Å²) in [6.07, 6.45) is 1.11. The first-order valence-corrected chi connectivity index (χ1v) is 8.04. The molecule has 0 bridgehead atoms. The average molecular weight is 349 g/mol. The number of ether oxygens (including phenoxy) is 1. The Morgan fingerprint density at radius 3 is 2.55 bits per heavy atom. The van der Waals surface area contributed by atoms with E-state index in [1.54, 1.807) is 9.80 Å². The summed E-state index contributed by atoms with van der Waals surface area (Å²) in [5.41, 5.74) is -0.493. The second-order valence-corrected chi connectivity index (χ2v) is 7.40. The Morgan fingerprint density at radius 2 is 2.10 bits per heavy atom. The second kappa shape index (κ2) is 7.29. The topological polar surface area (TPSA) is 49.9 Å². The van der Waals surface area contributed by atoms with Crippen LogP contribution in [-0.4, -0.2) is 58.4 Å². The highest BCUT2D eigenvalue weighted by Crippen LogP contribution is 2.18. The average Bonchev–Trinajstić information content (AvgIpc) is 2.60. The van der Waals surface area contributed by atoms with E-state index in [2.05, 4.69) is 15.9 Å². The fraction of sp³-hybridized carbons (Fsp3) is 0.857. The summed E-state index contributed by atoms with van der Waals surface area (Å²) in [5, 5.41) is 0. The molecule has 0 aromatic rings. The maximum absolute atomic E-state index is 12.1. The second-order valence-electron chi connectivity index (χ2n) is 6.11. The van der Waals surface area contributed by atoms with Crippen molar-refractivity contribution in [1.82, 2.24) is 9.80 Å². The number of carbonyl (C=O) groups is 2. The van der Waals surface area contributed by atoms with E-state index < -0.39 is 5.60 Å². The van der Waals surface area contributed by atoms with Gasteiger partial charge in [-0.05, 0) is 27.2 Å². The maximum atomic E-state index is 12.1. The third-order valence-electron chi connectivity index (χ3n) is 2.95. The maximum Gasteiger partial charge on any atom is 0.410 e. The van der Waals surface area contributed by atoms with Crippen molar-refractivity contribution in [2.45, 2.75) is 51.0 Å². The van der Waals surface area contributed by atoms with Crippen LogP contribution in [0.1, 0.15) is 40.5 Å². The summed E-state index contributed by atoms with van der Waals surface area (Å²) >= 11 is 3.46. The number of hydrogen-bond acceptors (Lipinski definition) is 3. The molecule has 0 aromatic heterocycles. The Morgan fingerprint density at radius 1 is 1.45 bits per heavy atom. The zero-order chi connectivity index (χ0) is 15.3. The smallest absolute Gasteiger partial charge is 0.410 e. The van der Waals surface area contributed by atoms with Crippen molar-refractivity contribution >= 4 is 27.9 Å². The molecule has 1 rings (SSSR count). The van der Waals surface area contributed by atoms with Crippen molar-refractivity contribution < 1.29 is 14.3 Å². The molecule has 1 fully saturated rings. The third kappa shape index (κ3) is 5.69. The van der Waals surface area contributed by atoms with E-state index in [9.17, 15) is 9.59 Å². The van der Waals surface area contributed by atoms with E-state index in [-0.39, 0.29) is 16.8 Å². The quantitative estimate of drug-likeness (QED) is 0.717. The van der Waals surface area contributed by atoms with Gasteiger partial charge in [-0.3, -0.25) is 4.79 Å². The number of carbonyl (C=O) groups excluding carboxylic acids is 2. The lowest BCUT2D eigenvalue weighted by molar-refractivity contribution is -0.127. The highest BCUT2D eigenvalue weighted by molar-refractivity contribution is 9.09. The van der Waals surface area contributed by atoms with E-state index in [4.69, 9.17) is 4.74 Å². The predicted molar refractivity (Wildman–Crippen MR) is 82.0 cm³/mol. The number of alkyl halides is 1. The molecule has 0 radical (unpaired) electrons.